The van der Waals surface area contributed by atoms with Gasteiger partial charge in [0.1, 0.15) is 27.5 Å². The summed E-state index contributed by atoms with van der Waals surface area (Å²) in [4.78, 5) is 26.6. The van der Waals surface area contributed by atoms with E-state index in [0.29, 0.717) is 23.6 Å². The van der Waals surface area contributed by atoms with E-state index in [0.717, 1.165) is 32.1 Å². The number of ether oxygens (including phenoxy) is 1. The van der Waals surface area contributed by atoms with Crippen molar-refractivity contribution in [1.29, 1.82) is 0 Å². The lowest BCUT2D eigenvalue weighted by Gasteiger charge is -2.20. The fraction of sp³-hybridized carbons (Fsp3) is 0.161. The van der Waals surface area contributed by atoms with Crippen molar-refractivity contribution in [3.05, 3.63) is 114 Å². The van der Waals surface area contributed by atoms with Crippen molar-refractivity contribution >= 4 is 39.1 Å². The van der Waals surface area contributed by atoms with Crippen LogP contribution in [0.4, 0.5) is 15.9 Å². The van der Waals surface area contributed by atoms with E-state index in [9.17, 15) is 9.18 Å². The molecular weight excluding hydrogens is 525 g/mol. The minimum atomic E-state index is -0.287. The van der Waals surface area contributed by atoms with Gasteiger partial charge < -0.3 is 15.4 Å². The molecule has 40 heavy (non-hydrogen) atoms. The van der Waals surface area contributed by atoms with Crippen molar-refractivity contribution in [3.63, 3.8) is 0 Å². The molecule has 2 aromatic heterocycles. The molecule has 0 spiro atoms. The summed E-state index contributed by atoms with van der Waals surface area (Å²) in [5.74, 6) is 0.151. The third-order valence-electron chi connectivity index (χ3n) is 5.97. The summed E-state index contributed by atoms with van der Waals surface area (Å²) in [6.45, 7) is 4.38. The van der Waals surface area contributed by atoms with Gasteiger partial charge >= 0.3 is 0 Å². The minimum absolute atomic E-state index is 0.161. The maximum absolute atomic E-state index is 13.6. The smallest absolute Gasteiger partial charge is 0.248 e. The van der Waals surface area contributed by atoms with Crippen molar-refractivity contribution in [1.82, 2.24) is 15.0 Å². The first-order valence-electron chi connectivity index (χ1n) is 12.8. The Kier molecular flexibility index (Phi) is 8.53. The Bertz CT molecular complexity index is 1630. The lowest BCUT2D eigenvalue weighted by molar-refractivity contribution is -0.111. The van der Waals surface area contributed by atoms with Crippen molar-refractivity contribution in [2.45, 2.75) is 26.5 Å². The van der Waals surface area contributed by atoms with Gasteiger partial charge in [0.05, 0.1) is 19.3 Å². The molecular formula is C31H28FN5O2S. The number of nitrogens with one attached hydrogen (secondary N) is 2. The Labute approximate surface area is 235 Å². The number of carbonyl (C=O) groups is 1. The molecule has 1 amide bonds. The number of halogens is 1. The van der Waals surface area contributed by atoms with Crippen molar-refractivity contribution in [3.8, 4) is 10.6 Å². The van der Waals surface area contributed by atoms with Gasteiger partial charge in [-0.15, -0.1) is 0 Å². The molecule has 1 unspecified atom stereocenters. The van der Waals surface area contributed by atoms with Crippen molar-refractivity contribution < 1.29 is 13.9 Å². The average molecular weight is 554 g/mol. The van der Waals surface area contributed by atoms with Gasteiger partial charge in [0, 0.05) is 17.3 Å². The van der Waals surface area contributed by atoms with Crippen LogP contribution in [-0.2, 0) is 16.1 Å². The zero-order valence-corrected chi connectivity index (χ0v) is 22.9. The Morgan fingerprint density at radius 1 is 1.02 bits per heavy atom. The molecule has 0 bridgehead atoms. The summed E-state index contributed by atoms with van der Waals surface area (Å²) < 4.78 is 19.6. The van der Waals surface area contributed by atoms with Crippen LogP contribution in [0.1, 0.15) is 31.0 Å². The summed E-state index contributed by atoms with van der Waals surface area (Å²) in [6, 6.07) is 23.7. The number of hydrogen-bond acceptors (Lipinski definition) is 7. The number of nitrogens with zero attached hydrogens (tertiary/aromatic N) is 3. The molecule has 0 fully saturated rings. The molecule has 7 nitrogen and oxygen atoms in total. The van der Waals surface area contributed by atoms with Crippen molar-refractivity contribution in [2.75, 3.05) is 17.2 Å². The lowest BCUT2D eigenvalue weighted by Crippen LogP contribution is -2.18. The maximum Gasteiger partial charge on any atom is 0.248 e. The van der Waals surface area contributed by atoms with E-state index in [-0.39, 0.29) is 24.4 Å². The number of hydrogen-bond donors (Lipinski definition) is 2. The third kappa shape index (κ3) is 6.93. The number of allylic oxidation sites excluding steroid dienone is 1. The molecule has 5 rings (SSSR count). The van der Waals surface area contributed by atoms with E-state index < -0.39 is 0 Å². The Morgan fingerprint density at radius 3 is 2.58 bits per heavy atom. The molecule has 2 N–H and O–H groups in total. The fourth-order valence-electron chi connectivity index (χ4n) is 4.11. The number of amides is 1. The molecule has 3 aromatic carbocycles. The second-order valence-corrected chi connectivity index (χ2v) is 10.4. The number of thiazole rings is 1. The van der Waals surface area contributed by atoms with Crippen molar-refractivity contribution in [2.24, 2.45) is 0 Å². The van der Waals surface area contributed by atoms with E-state index in [1.165, 1.54) is 29.8 Å². The molecule has 0 aliphatic heterocycles. The predicted molar refractivity (Wildman–Crippen MR) is 158 cm³/mol. The van der Waals surface area contributed by atoms with Gasteiger partial charge in [-0.25, -0.2) is 19.3 Å². The number of anilines is 2. The van der Waals surface area contributed by atoms with Gasteiger partial charge in [-0.1, -0.05) is 59.4 Å². The fourth-order valence-corrected chi connectivity index (χ4v) is 5.03. The Morgan fingerprint density at radius 2 is 1.82 bits per heavy atom. The highest BCUT2D eigenvalue weighted by atomic mass is 32.1. The summed E-state index contributed by atoms with van der Waals surface area (Å²) >= 11 is 1.47. The van der Waals surface area contributed by atoms with Crippen LogP contribution in [-0.4, -0.2) is 27.5 Å². The highest BCUT2D eigenvalue weighted by molar-refractivity contribution is 7.21. The lowest BCUT2D eigenvalue weighted by atomic mass is 10.1. The van der Waals surface area contributed by atoms with Gasteiger partial charge in [-0.2, -0.15) is 0 Å². The molecule has 0 saturated heterocycles. The molecule has 1 atom stereocenters. The van der Waals surface area contributed by atoms with Gasteiger partial charge in [0.15, 0.2) is 5.82 Å². The predicted octanol–water partition coefficient (Wildman–Crippen LogP) is 7.17. The second-order valence-electron chi connectivity index (χ2n) is 9.44. The normalized spacial score (nSPS) is 11.7. The first-order valence-corrected chi connectivity index (χ1v) is 13.6. The summed E-state index contributed by atoms with van der Waals surface area (Å²) in [6.07, 6.45) is 3.08. The molecule has 9 heteroatoms. The third-order valence-corrected chi connectivity index (χ3v) is 6.98. The van der Waals surface area contributed by atoms with E-state index in [2.05, 4.69) is 20.6 Å². The topological polar surface area (TPSA) is 89.0 Å². The summed E-state index contributed by atoms with van der Waals surface area (Å²) in [5.41, 5.74) is 5.00. The molecule has 5 aromatic rings. The van der Waals surface area contributed by atoms with Crippen LogP contribution in [0, 0.1) is 5.82 Å². The second kappa shape index (κ2) is 12.6. The first-order chi connectivity index (χ1) is 19.4. The number of fused-ring (bicyclic) bond motifs is 1. The van der Waals surface area contributed by atoms with Crippen LogP contribution in [0.25, 0.3) is 20.9 Å². The maximum atomic E-state index is 13.6. The number of carbonyl (C=O) groups excluding carboxylic acids is 1. The molecule has 202 valence electrons. The van der Waals surface area contributed by atoms with Crippen LogP contribution < -0.4 is 10.6 Å². The SMILES string of the molecule is CC(C)=CC(=O)Nc1ccc(-c2nc3c(NC(COCc4cccc(F)c4)c4ccccc4)ncnc3s2)cc1. The summed E-state index contributed by atoms with van der Waals surface area (Å²) in [7, 11) is 0. The zero-order valence-electron chi connectivity index (χ0n) is 22.1. The monoisotopic (exact) mass is 553 g/mol. The molecule has 0 aliphatic carbocycles. The van der Waals surface area contributed by atoms with Gasteiger partial charge in [0.25, 0.3) is 0 Å². The number of aromatic nitrogens is 3. The molecule has 0 aliphatic rings. The summed E-state index contributed by atoms with van der Waals surface area (Å²) in [5, 5.41) is 7.14. The quantitative estimate of drug-likeness (QED) is 0.178. The number of rotatable bonds is 10. The first kappa shape index (κ1) is 27.1. The van der Waals surface area contributed by atoms with Crippen LogP contribution in [0.3, 0.4) is 0 Å². The van der Waals surface area contributed by atoms with E-state index in [4.69, 9.17) is 9.72 Å². The van der Waals surface area contributed by atoms with Crippen LogP contribution in [0.15, 0.2) is 96.8 Å². The molecule has 2 heterocycles. The van der Waals surface area contributed by atoms with Gasteiger partial charge in [-0.05, 0) is 61.4 Å². The van der Waals surface area contributed by atoms with Crippen LogP contribution >= 0.6 is 11.3 Å². The largest absolute Gasteiger partial charge is 0.374 e. The van der Waals surface area contributed by atoms with Gasteiger partial charge in [-0.3, -0.25) is 4.79 Å². The Balaban J connectivity index is 1.35. The van der Waals surface area contributed by atoms with Crippen LogP contribution in [0.2, 0.25) is 0 Å². The average Bonchev–Trinajstić information content (AvgIpc) is 3.38. The minimum Gasteiger partial charge on any atom is -0.374 e. The van der Waals surface area contributed by atoms with E-state index >= 15 is 0 Å². The number of benzene rings is 3. The van der Waals surface area contributed by atoms with Crippen LogP contribution in [0.5, 0.6) is 0 Å². The highest BCUT2D eigenvalue weighted by Crippen LogP contribution is 2.33. The standard InChI is InChI=1S/C31H28FN5O2S/c1-20(2)15-27(38)35-25-13-11-23(12-14-25)30-37-28-29(33-19-34-31(28)40-30)36-26(22-8-4-3-5-9-22)18-39-17-21-7-6-10-24(32)16-21/h3-16,19,26H,17-18H2,1-2H3,(H,35,38)(H,33,34,36). The van der Waals surface area contributed by atoms with Gasteiger partial charge in [0.2, 0.25) is 5.91 Å². The highest BCUT2D eigenvalue weighted by Gasteiger charge is 2.18. The van der Waals surface area contributed by atoms with E-state index in [1.54, 1.807) is 12.1 Å². The zero-order chi connectivity index (χ0) is 27.9. The molecule has 0 radical (unpaired) electrons. The Hall–Kier alpha value is -4.47. The molecule has 0 saturated carbocycles. The van der Waals surface area contributed by atoms with E-state index in [1.807, 2.05) is 74.5 Å².